The molecule has 0 saturated carbocycles. The molecule has 0 spiro atoms. The molecule has 0 unspecified atom stereocenters. The van der Waals surface area contributed by atoms with E-state index in [9.17, 15) is 9.59 Å². The summed E-state index contributed by atoms with van der Waals surface area (Å²) in [6.45, 7) is 9.01. The van der Waals surface area contributed by atoms with Crippen LogP contribution in [0.15, 0.2) is 48.5 Å². The number of hydrogen-bond donors (Lipinski definition) is 0. The minimum Gasteiger partial charge on any atom is -0.368 e. The molecule has 0 N–H and O–H groups in total. The van der Waals surface area contributed by atoms with Gasteiger partial charge in [0.2, 0.25) is 11.8 Å². The Morgan fingerprint density at radius 2 is 1.68 bits per heavy atom. The zero-order valence-corrected chi connectivity index (χ0v) is 16.8. The lowest BCUT2D eigenvalue weighted by molar-refractivity contribution is -0.132. The molecule has 28 heavy (non-hydrogen) atoms. The number of piperazine rings is 1. The van der Waals surface area contributed by atoms with Crippen LogP contribution in [-0.2, 0) is 15.0 Å². The van der Waals surface area contributed by atoms with Crippen molar-refractivity contribution in [2.45, 2.75) is 26.2 Å². The van der Waals surface area contributed by atoms with Crippen molar-refractivity contribution in [3.63, 3.8) is 0 Å². The second-order valence-corrected chi connectivity index (χ2v) is 8.24. The average Bonchev–Trinajstić information content (AvgIpc) is 2.89. The van der Waals surface area contributed by atoms with Gasteiger partial charge in [0, 0.05) is 37.6 Å². The number of hydrogen-bond acceptors (Lipinski definition) is 3. The molecule has 5 nitrogen and oxygen atoms in total. The van der Waals surface area contributed by atoms with E-state index in [-0.39, 0.29) is 18.4 Å². The summed E-state index contributed by atoms with van der Waals surface area (Å²) >= 11 is 0. The second-order valence-electron chi connectivity index (χ2n) is 8.24. The third-order valence-electron chi connectivity index (χ3n) is 5.94. The van der Waals surface area contributed by atoms with E-state index in [0.717, 1.165) is 29.9 Å². The molecular formula is C23H27N3O2. The molecule has 2 aromatic rings. The van der Waals surface area contributed by atoms with E-state index in [1.807, 2.05) is 56.0 Å². The van der Waals surface area contributed by atoms with Crippen molar-refractivity contribution >= 4 is 23.2 Å². The van der Waals surface area contributed by atoms with Gasteiger partial charge in [-0.25, -0.2) is 0 Å². The molecule has 0 aromatic heterocycles. The minimum atomic E-state index is -0.590. The molecule has 5 heteroatoms. The van der Waals surface area contributed by atoms with Gasteiger partial charge in [-0.2, -0.15) is 0 Å². The average molecular weight is 377 g/mol. The van der Waals surface area contributed by atoms with Crippen LogP contribution in [0.5, 0.6) is 0 Å². The molecule has 1 saturated heterocycles. The van der Waals surface area contributed by atoms with Crippen molar-refractivity contribution in [2.24, 2.45) is 0 Å². The van der Waals surface area contributed by atoms with Gasteiger partial charge in [0.1, 0.15) is 6.54 Å². The fourth-order valence-electron chi connectivity index (χ4n) is 4.19. The Bertz CT molecular complexity index is 899. The van der Waals surface area contributed by atoms with Crippen molar-refractivity contribution in [1.82, 2.24) is 4.90 Å². The summed E-state index contributed by atoms with van der Waals surface area (Å²) in [4.78, 5) is 31.8. The van der Waals surface area contributed by atoms with Crippen molar-refractivity contribution in [2.75, 3.05) is 42.5 Å². The van der Waals surface area contributed by atoms with Crippen molar-refractivity contribution in [3.05, 3.63) is 59.7 Å². The van der Waals surface area contributed by atoms with Crippen LogP contribution < -0.4 is 9.80 Å². The van der Waals surface area contributed by atoms with Crippen molar-refractivity contribution in [1.29, 1.82) is 0 Å². The Kier molecular flexibility index (Phi) is 4.61. The first kappa shape index (κ1) is 18.5. The van der Waals surface area contributed by atoms with Crippen LogP contribution in [0.25, 0.3) is 0 Å². The molecule has 4 rings (SSSR count). The van der Waals surface area contributed by atoms with Gasteiger partial charge < -0.3 is 14.7 Å². The molecule has 1 fully saturated rings. The second kappa shape index (κ2) is 6.97. The fraction of sp³-hybridized carbons (Fsp3) is 0.391. The number of rotatable bonds is 3. The number of anilines is 2. The Morgan fingerprint density at radius 1 is 1.00 bits per heavy atom. The first-order valence-corrected chi connectivity index (χ1v) is 9.89. The quantitative estimate of drug-likeness (QED) is 0.826. The van der Waals surface area contributed by atoms with Gasteiger partial charge in [0.05, 0.1) is 5.41 Å². The van der Waals surface area contributed by atoms with E-state index in [1.54, 1.807) is 4.90 Å². The Morgan fingerprint density at radius 3 is 2.36 bits per heavy atom. The summed E-state index contributed by atoms with van der Waals surface area (Å²) in [6, 6.07) is 16.3. The lowest BCUT2D eigenvalue weighted by atomic mass is 9.85. The van der Waals surface area contributed by atoms with Gasteiger partial charge in [-0.3, -0.25) is 9.59 Å². The summed E-state index contributed by atoms with van der Waals surface area (Å²) < 4.78 is 0. The van der Waals surface area contributed by atoms with Crippen molar-refractivity contribution < 1.29 is 9.59 Å². The Balaban J connectivity index is 1.44. The molecule has 2 heterocycles. The number of para-hydroxylation sites is 1. The molecule has 2 aromatic carbocycles. The first-order valence-electron chi connectivity index (χ1n) is 9.89. The third-order valence-corrected chi connectivity index (χ3v) is 5.94. The number of nitrogens with zero attached hydrogens (tertiary/aromatic N) is 3. The predicted octanol–water partition coefficient (Wildman–Crippen LogP) is 2.97. The number of aryl methyl sites for hydroxylation is 1. The summed E-state index contributed by atoms with van der Waals surface area (Å²) in [6.07, 6.45) is 0. The van der Waals surface area contributed by atoms with E-state index >= 15 is 0 Å². The van der Waals surface area contributed by atoms with Gasteiger partial charge >= 0.3 is 0 Å². The minimum absolute atomic E-state index is 0.00405. The highest BCUT2D eigenvalue weighted by atomic mass is 16.2. The topological polar surface area (TPSA) is 43.9 Å². The van der Waals surface area contributed by atoms with Crippen LogP contribution in [0.4, 0.5) is 11.4 Å². The van der Waals surface area contributed by atoms with Gasteiger partial charge in [0.25, 0.3) is 0 Å². The molecule has 2 amide bonds. The predicted molar refractivity (Wildman–Crippen MR) is 112 cm³/mol. The number of amides is 2. The normalized spacial score (nSPS) is 18.4. The van der Waals surface area contributed by atoms with Crippen LogP contribution in [0.2, 0.25) is 0 Å². The highest BCUT2D eigenvalue weighted by Gasteiger charge is 2.44. The van der Waals surface area contributed by atoms with Crippen LogP contribution in [0.3, 0.4) is 0 Å². The first-order chi connectivity index (χ1) is 13.4. The third kappa shape index (κ3) is 3.15. The number of benzene rings is 2. The Labute approximate surface area is 166 Å². The molecule has 2 aliphatic rings. The van der Waals surface area contributed by atoms with Gasteiger partial charge in [-0.15, -0.1) is 0 Å². The Hall–Kier alpha value is -2.82. The lowest BCUT2D eigenvalue weighted by Gasteiger charge is -2.36. The van der Waals surface area contributed by atoms with Crippen LogP contribution in [0, 0.1) is 6.92 Å². The smallest absolute Gasteiger partial charge is 0.242 e. The maximum atomic E-state index is 13.0. The SMILES string of the molecule is Cc1ccc2c(c1)C(C)(C)C(=O)N2CC(=O)N1CCN(c2ccccc2)CC1. The van der Waals surface area contributed by atoms with E-state index in [4.69, 9.17) is 0 Å². The molecule has 146 valence electrons. The van der Waals surface area contributed by atoms with E-state index in [2.05, 4.69) is 23.1 Å². The molecule has 0 radical (unpaired) electrons. The zero-order chi connectivity index (χ0) is 19.9. The van der Waals surface area contributed by atoms with Crippen molar-refractivity contribution in [3.8, 4) is 0 Å². The summed E-state index contributed by atoms with van der Waals surface area (Å²) in [5.41, 5.74) is 3.62. The highest BCUT2D eigenvalue weighted by Crippen LogP contribution is 2.41. The van der Waals surface area contributed by atoms with Crippen LogP contribution >= 0.6 is 0 Å². The van der Waals surface area contributed by atoms with Gasteiger partial charge in [-0.05, 0) is 44.5 Å². The molecule has 0 bridgehead atoms. The molecule has 0 aliphatic carbocycles. The molecule has 0 atom stereocenters. The van der Waals surface area contributed by atoms with E-state index in [0.29, 0.717) is 13.1 Å². The summed E-state index contributed by atoms with van der Waals surface area (Å²) in [5, 5.41) is 0. The van der Waals surface area contributed by atoms with Gasteiger partial charge in [0.15, 0.2) is 0 Å². The largest absolute Gasteiger partial charge is 0.368 e. The van der Waals surface area contributed by atoms with E-state index in [1.165, 1.54) is 5.69 Å². The standard InChI is InChI=1S/C23H27N3O2/c1-17-9-10-20-19(15-17)23(2,3)22(28)26(20)16-21(27)25-13-11-24(12-14-25)18-7-5-4-6-8-18/h4-10,15H,11-14,16H2,1-3H3. The summed E-state index contributed by atoms with van der Waals surface area (Å²) in [7, 11) is 0. The molecular weight excluding hydrogens is 350 g/mol. The number of carbonyl (C=O) groups excluding carboxylic acids is 2. The molecule has 2 aliphatic heterocycles. The zero-order valence-electron chi connectivity index (χ0n) is 16.8. The fourth-order valence-corrected chi connectivity index (χ4v) is 4.19. The highest BCUT2D eigenvalue weighted by molar-refractivity contribution is 6.10. The summed E-state index contributed by atoms with van der Waals surface area (Å²) in [5.74, 6) is 0.0228. The monoisotopic (exact) mass is 377 g/mol. The maximum absolute atomic E-state index is 13.0. The maximum Gasteiger partial charge on any atom is 0.242 e. The van der Waals surface area contributed by atoms with Gasteiger partial charge in [-0.1, -0.05) is 35.9 Å². The van der Waals surface area contributed by atoms with E-state index < -0.39 is 5.41 Å². The van der Waals surface area contributed by atoms with Crippen LogP contribution in [-0.4, -0.2) is 49.4 Å². The lowest BCUT2D eigenvalue weighted by Crippen LogP contribution is -2.52. The van der Waals surface area contributed by atoms with Crippen LogP contribution in [0.1, 0.15) is 25.0 Å². The number of carbonyl (C=O) groups is 2. The number of fused-ring (bicyclic) bond motifs is 1.